The molecule has 2 aliphatic rings. The van der Waals surface area contributed by atoms with Crippen LogP contribution in [-0.4, -0.2) is 55.4 Å². The molecular formula is C25H32N6O4. The van der Waals surface area contributed by atoms with E-state index in [1.165, 1.54) is 0 Å². The highest BCUT2D eigenvalue weighted by atomic mass is 16.5. The first-order valence-corrected chi connectivity index (χ1v) is 12.2. The number of likely N-dealkylation sites (tertiary alicyclic amines) is 1. The van der Waals surface area contributed by atoms with E-state index in [-0.39, 0.29) is 41.9 Å². The highest BCUT2D eigenvalue weighted by Crippen LogP contribution is 2.55. The molecule has 0 unspecified atom stereocenters. The van der Waals surface area contributed by atoms with E-state index in [2.05, 4.69) is 20.3 Å². The number of carbonyl (C=O) groups excluding carboxylic acids is 3. The summed E-state index contributed by atoms with van der Waals surface area (Å²) >= 11 is 0. The molecule has 10 nitrogen and oxygen atoms in total. The van der Waals surface area contributed by atoms with Crippen LogP contribution >= 0.6 is 0 Å². The lowest BCUT2D eigenvalue weighted by Gasteiger charge is -2.26. The van der Waals surface area contributed by atoms with Gasteiger partial charge >= 0.3 is 0 Å². The van der Waals surface area contributed by atoms with E-state index in [4.69, 9.17) is 5.21 Å². The number of hydrogen-bond donors (Lipinski definition) is 3. The molecule has 4 rings (SSSR count). The Hall–Kier alpha value is -3.40. The molecule has 2 aromatic rings. The Balaban J connectivity index is 1.45. The summed E-state index contributed by atoms with van der Waals surface area (Å²) in [6.07, 6.45) is 10.3. The van der Waals surface area contributed by atoms with Gasteiger partial charge in [0.15, 0.2) is 0 Å². The van der Waals surface area contributed by atoms with Crippen molar-refractivity contribution in [3.63, 3.8) is 0 Å². The van der Waals surface area contributed by atoms with Crippen molar-refractivity contribution in [2.45, 2.75) is 64.3 Å². The third kappa shape index (κ3) is 6.19. The first kappa shape index (κ1) is 24.7. The van der Waals surface area contributed by atoms with Crippen molar-refractivity contribution in [1.82, 2.24) is 25.3 Å². The Morgan fingerprint density at radius 2 is 2.06 bits per heavy atom. The maximum atomic E-state index is 13.3. The summed E-state index contributed by atoms with van der Waals surface area (Å²) in [5.74, 6) is -0.942. The van der Waals surface area contributed by atoms with Gasteiger partial charge in [-0.1, -0.05) is 19.8 Å². The molecule has 0 aromatic carbocycles. The number of aromatic nitrogens is 3. The van der Waals surface area contributed by atoms with Crippen LogP contribution in [0.5, 0.6) is 0 Å². The minimum Gasteiger partial charge on any atom is -0.330 e. The Morgan fingerprint density at radius 3 is 2.74 bits per heavy atom. The van der Waals surface area contributed by atoms with E-state index >= 15 is 0 Å². The van der Waals surface area contributed by atoms with E-state index in [1.54, 1.807) is 35.0 Å². The summed E-state index contributed by atoms with van der Waals surface area (Å²) in [5.41, 5.74) is 3.13. The fraction of sp³-hybridized carbons (Fsp3) is 0.520. The Labute approximate surface area is 204 Å². The number of carbonyl (C=O) groups is 3. The monoisotopic (exact) mass is 480 g/mol. The summed E-state index contributed by atoms with van der Waals surface area (Å²) in [6, 6.07) is 4.83. The normalized spacial score (nSPS) is 18.8. The zero-order valence-corrected chi connectivity index (χ0v) is 19.9. The summed E-state index contributed by atoms with van der Waals surface area (Å²) in [6.45, 7) is 2.60. The number of unbranched alkanes of at least 4 members (excludes halogenated alkanes) is 1. The molecule has 1 spiro atoms. The predicted octanol–water partition coefficient (Wildman–Crippen LogP) is 2.95. The molecule has 2 atom stereocenters. The zero-order valence-electron chi connectivity index (χ0n) is 19.9. The Kier molecular flexibility index (Phi) is 7.70. The second-order valence-electron chi connectivity index (χ2n) is 9.69. The van der Waals surface area contributed by atoms with Gasteiger partial charge in [0.2, 0.25) is 23.7 Å². The number of hydroxylamine groups is 1. The van der Waals surface area contributed by atoms with Crippen LogP contribution in [0.25, 0.3) is 11.3 Å². The largest absolute Gasteiger partial charge is 0.330 e. The van der Waals surface area contributed by atoms with Crippen molar-refractivity contribution in [2.24, 2.45) is 11.3 Å². The van der Waals surface area contributed by atoms with Crippen LogP contribution < -0.4 is 10.8 Å². The van der Waals surface area contributed by atoms with Crippen molar-refractivity contribution in [3.8, 4) is 11.3 Å². The van der Waals surface area contributed by atoms with E-state index in [9.17, 15) is 14.4 Å². The molecule has 186 valence electrons. The highest BCUT2D eigenvalue weighted by molar-refractivity contribution is 5.97. The van der Waals surface area contributed by atoms with E-state index in [1.807, 2.05) is 19.1 Å². The predicted molar refractivity (Wildman–Crippen MR) is 128 cm³/mol. The summed E-state index contributed by atoms with van der Waals surface area (Å²) in [5, 5.41) is 11.7. The second-order valence-corrected chi connectivity index (χ2v) is 9.69. The molecule has 1 aliphatic carbocycles. The number of hydrogen-bond acceptors (Lipinski definition) is 7. The summed E-state index contributed by atoms with van der Waals surface area (Å²) in [7, 11) is 0. The van der Waals surface area contributed by atoms with Gasteiger partial charge in [0.25, 0.3) is 0 Å². The number of rotatable bonds is 10. The van der Waals surface area contributed by atoms with Crippen molar-refractivity contribution in [3.05, 3.63) is 36.8 Å². The van der Waals surface area contributed by atoms with Crippen molar-refractivity contribution in [2.75, 3.05) is 11.9 Å². The fourth-order valence-corrected chi connectivity index (χ4v) is 4.82. The molecule has 3 N–H and O–H groups in total. The quantitative estimate of drug-likeness (QED) is 0.351. The first-order chi connectivity index (χ1) is 16.9. The van der Waals surface area contributed by atoms with Crippen molar-refractivity contribution in [1.29, 1.82) is 0 Å². The standard InChI is InChI=1S/C25H32N6O4/c1-2-3-5-17(12-21(32)30-35)13-22(33)31-16-25(8-9-25)14-20(31)23(34)29-24-27-11-7-19(28-24)18-6-4-10-26-15-18/h4,6-7,10-11,15,17,20,35H,2-3,5,8-9,12-14,16H2,1H3,(H,30,32)(H,27,28,29,34)/t17-,20-/m0/s1. The molecule has 0 bridgehead atoms. The van der Waals surface area contributed by atoms with Gasteiger partial charge in [-0.15, -0.1) is 0 Å². The minimum atomic E-state index is -0.603. The van der Waals surface area contributed by atoms with Gasteiger partial charge < -0.3 is 4.90 Å². The average Bonchev–Trinajstić information content (AvgIpc) is 3.52. The minimum absolute atomic E-state index is 0.0114. The fourth-order valence-electron chi connectivity index (χ4n) is 4.82. The molecule has 2 aromatic heterocycles. The smallest absolute Gasteiger partial charge is 0.249 e. The Bertz CT molecular complexity index is 1060. The van der Waals surface area contributed by atoms with Crippen LogP contribution in [0.15, 0.2) is 36.8 Å². The van der Waals surface area contributed by atoms with Gasteiger partial charge in [-0.3, -0.25) is 29.9 Å². The molecule has 1 aliphatic heterocycles. The van der Waals surface area contributed by atoms with E-state index in [0.717, 1.165) is 31.2 Å². The van der Waals surface area contributed by atoms with Crippen LogP contribution in [0, 0.1) is 11.3 Å². The molecule has 35 heavy (non-hydrogen) atoms. The molecule has 2 fully saturated rings. The highest BCUT2D eigenvalue weighted by Gasteiger charge is 2.55. The maximum absolute atomic E-state index is 13.3. The van der Waals surface area contributed by atoms with Gasteiger partial charge in [-0.2, -0.15) is 0 Å². The second kappa shape index (κ2) is 10.9. The van der Waals surface area contributed by atoms with Gasteiger partial charge in [-0.25, -0.2) is 15.4 Å². The molecule has 3 heterocycles. The van der Waals surface area contributed by atoms with Crippen LogP contribution in [0.3, 0.4) is 0 Å². The van der Waals surface area contributed by atoms with Crippen molar-refractivity contribution < 1.29 is 19.6 Å². The van der Waals surface area contributed by atoms with E-state index in [0.29, 0.717) is 25.1 Å². The SMILES string of the molecule is CCCC[C@@H](CC(=O)NO)CC(=O)N1CC2(CC2)C[C@H]1C(=O)Nc1nccc(-c2cccnc2)n1. The van der Waals surface area contributed by atoms with Crippen molar-refractivity contribution >= 4 is 23.7 Å². The molecule has 1 saturated carbocycles. The third-order valence-electron chi connectivity index (χ3n) is 6.96. The topological polar surface area (TPSA) is 137 Å². The van der Waals surface area contributed by atoms with Crippen LogP contribution in [0.1, 0.15) is 58.3 Å². The lowest BCUT2D eigenvalue weighted by Crippen LogP contribution is -2.44. The van der Waals surface area contributed by atoms with Crippen LogP contribution in [-0.2, 0) is 14.4 Å². The number of anilines is 1. The van der Waals surface area contributed by atoms with Gasteiger partial charge in [0.1, 0.15) is 6.04 Å². The number of amides is 3. The molecular weight excluding hydrogens is 448 g/mol. The van der Waals surface area contributed by atoms with Gasteiger partial charge in [-0.05, 0) is 55.2 Å². The van der Waals surface area contributed by atoms with Crippen LogP contribution in [0.4, 0.5) is 5.95 Å². The lowest BCUT2D eigenvalue weighted by molar-refractivity contribution is -0.138. The van der Waals surface area contributed by atoms with E-state index < -0.39 is 11.9 Å². The summed E-state index contributed by atoms with van der Waals surface area (Å²) < 4.78 is 0. The van der Waals surface area contributed by atoms with Gasteiger partial charge in [0.05, 0.1) is 5.69 Å². The third-order valence-corrected chi connectivity index (χ3v) is 6.96. The average molecular weight is 481 g/mol. The Morgan fingerprint density at radius 1 is 1.23 bits per heavy atom. The number of pyridine rings is 1. The van der Waals surface area contributed by atoms with Crippen LogP contribution in [0.2, 0.25) is 0 Å². The maximum Gasteiger partial charge on any atom is 0.249 e. The molecule has 3 amide bonds. The molecule has 10 heteroatoms. The molecule has 1 saturated heterocycles. The lowest BCUT2D eigenvalue weighted by atomic mass is 9.94. The number of nitrogens with zero attached hydrogens (tertiary/aromatic N) is 4. The summed E-state index contributed by atoms with van der Waals surface area (Å²) in [4.78, 5) is 52.7. The zero-order chi connectivity index (χ0) is 24.8. The molecule has 0 radical (unpaired) electrons. The first-order valence-electron chi connectivity index (χ1n) is 12.2. The number of nitrogens with one attached hydrogen (secondary N) is 2. The van der Waals surface area contributed by atoms with Gasteiger partial charge in [0, 0.05) is 43.5 Å².